The molecule has 23 heavy (non-hydrogen) atoms. The quantitative estimate of drug-likeness (QED) is 0.943. The van der Waals surface area contributed by atoms with Crippen LogP contribution in [0, 0.1) is 13.8 Å². The summed E-state index contributed by atoms with van der Waals surface area (Å²) in [7, 11) is 0. The van der Waals surface area contributed by atoms with E-state index in [-0.39, 0.29) is 5.91 Å². The van der Waals surface area contributed by atoms with Crippen LogP contribution in [0.5, 0.6) is 0 Å². The molecule has 3 rings (SSSR count). The second kappa shape index (κ2) is 6.77. The van der Waals surface area contributed by atoms with E-state index < -0.39 is 0 Å². The molecule has 0 bridgehead atoms. The van der Waals surface area contributed by atoms with Crippen molar-refractivity contribution < 1.29 is 4.79 Å². The number of aryl methyl sites for hydroxylation is 2. The summed E-state index contributed by atoms with van der Waals surface area (Å²) in [5.74, 6) is 0.666. The highest BCUT2D eigenvalue weighted by Crippen LogP contribution is 2.18. The molecule has 1 aromatic carbocycles. The van der Waals surface area contributed by atoms with Crippen LogP contribution in [0.2, 0.25) is 0 Å². The average molecular weight is 310 g/mol. The van der Waals surface area contributed by atoms with Gasteiger partial charge < -0.3 is 10.2 Å². The largest absolute Gasteiger partial charge is 0.339 e. The Hall–Kier alpha value is -2.43. The number of hydrogen-bond donors (Lipinski definition) is 1. The minimum absolute atomic E-state index is 0.106. The zero-order chi connectivity index (χ0) is 16.2. The third kappa shape index (κ3) is 3.86. The van der Waals surface area contributed by atoms with Gasteiger partial charge in [0.1, 0.15) is 0 Å². The second-order valence-electron chi connectivity index (χ2n) is 6.03. The van der Waals surface area contributed by atoms with Crippen LogP contribution in [-0.4, -0.2) is 33.9 Å². The van der Waals surface area contributed by atoms with Crippen LogP contribution >= 0.6 is 0 Å². The lowest BCUT2D eigenvalue weighted by atomic mass is 10.1. The summed E-state index contributed by atoms with van der Waals surface area (Å²) < 4.78 is 0. The number of nitrogens with zero attached hydrogens (tertiary/aromatic N) is 3. The fraction of sp³-hybridized carbons (Fsp3) is 0.389. The molecule has 1 fully saturated rings. The van der Waals surface area contributed by atoms with Gasteiger partial charge in [0, 0.05) is 35.7 Å². The summed E-state index contributed by atoms with van der Waals surface area (Å²) in [4.78, 5) is 23.3. The summed E-state index contributed by atoms with van der Waals surface area (Å²) >= 11 is 0. The lowest BCUT2D eigenvalue weighted by Crippen LogP contribution is -2.35. The normalized spacial score (nSPS) is 14.6. The van der Waals surface area contributed by atoms with Crippen molar-refractivity contribution in [2.24, 2.45) is 0 Å². The summed E-state index contributed by atoms with van der Waals surface area (Å²) in [5, 5.41) is 3.19. The number of nitrogens with one attached hydrogen (secondary N) is 1. The monoisotopic (exact) mass is 310 g/mol. The van der Waals surface area contributed by atoms with Crippen molar-refractivity contribution in [3.8, 4) is 0 Å². The Morgan fingerprint density at radius 1 is 1.04 bits per heavy atom. The number of carbonyl (C=O) groups is 1. The minimum Gasteiger partial charge on any atom is -0.339 e. The Labute approximate surface area is 136 Å². The maximum Gasteiger partial charge on any atom is 0.253 e. The molecule has 0 spiro atoms. The Morgan fingerprint density at radius 3 is 2.43 bits per heavy atom. The van der Waals surface area contributed by atoms with Crippen LogP contribution in [-0.2, 0) is 0 Å². The zero-order valence-corrected chi connectivity index (χ0v) is 13.7. The van der Waals surface area contributed by atoms with E-state index in [1.807, 2.05) is 49.1 Å². The van der Waals surface area contributed by atoms with E-state index in [9.17, 15) is 4.79 Å². The predicted molar refractivity (Wildman–Crippen MR) is 91.0 cm³/mol. The molecule has 1 aliphatic rings. The van der Waals surface area contributed by atoms with E-state index in [2.05, 4.69) is 15.3 Å². The first kappa shape index (κ1) is 15.5. The first-order valence-electron chi connectivity index (χ1n) is 8.10. The molecule has 120 valence electrons. The number of carbonyl (C=O) groups excluding carboxylic acids is 1. The van der Waals surface area contributed by atoms with E-state index in [1.54, 1.807) is 0 Å². The second-order valence-corrected chi connectivity index (χ2v) is 6.03. The molecule has 1 aromatic heterocycles. The highest BCUT2D eigenvalue weighted by Gasteiger charge is 2.18. The number of piperidine rings is 1. The van der Waals surface area contributed by atoms with Crippen LogP contribution in [0.3, 0.4) is 0 Å². The number of hydrogen-bond acceptors (Lipinski definition) is 4. The van der Waals surface area contributed by atoms with E-state index in [0.29, 0.717) is 11.5 Å². The van der Waals surface area contributed by atoms with Gasteiger partial charge in [-0.2, -0.15) is 0 Å². The van der Waals surface area contributed by atoms with Gasteiger partial charge in [-0.3, -0.25) is 4.79 Å². The van der Waals surface area contributed by atoms with Gasteiger partial charge in [-0.1, -0.05) is 6.07 Å². The molecule has 0 atom stereocenters. The van der Waals surface area contributed by atoms with Crippen molar-refractivity contribution in [1.82, 2.24) is 14.9 Å². The lowest BCUT2D eigenvalue weighted by Gasteiger charge is -2.26. The van der Waals surface area contributed by atoms with Gasteiger partial charge in [0.15, 0.2) is 0 Å². The highest BCUT2D eigenvalue weighted by atomic mass is 16.2. The van der Waals surface area contributed by atoms with Gasteiger partial charge in [-0.25, -0.2) is 9.97 Å². The van der Waals surface area contributed by atoms with Crippen LogP contribution in [0.15, 0.2) is 30.3 Å². The Balaban J connectivity index is 1.77. The van der Waals surface area contributed by atoms with Crippen LogP contribution in [0.25, 0.3) is 0 Å². The fourth-order valence-corrected chi connectivity index (χ4v) is 2.92. The Morgan fingerprint density at radius 2 is 1.74 bits per heavy atom. The summed E-state index contributed by atoms with van der Waals surface area (Å²) in [6.07, 6.45) is 3.41. The summed E-state index contributed by atoms with van der Waals surface area (Å²) in [6, 6.07) is 9.49. The fourth-order valence-electron chi connectivity index (χ4n) is 2.92. The molecule has 2 heterocycles. The molecule has 0 aliphatic carbocycles. The smallest absolute Gasteiger partial charge is 0.253 e. The lowest BCUT2D eigenvalue weighted by molar-refractivity contribution is 0.0724. The molecule has 1 saturated heterocycles. The number of rotatable bonds is 3. The molecule has 1 N–H and O–H groups in total. The Kier molecular flexibility index (Phi) is 4.55. The molecule has 5 nitrogen and oxygen atoms in total. The maximum atomic E-state index is 12.6. The molecule has 2 aromatic rings. The van der Waals surface area contributed by atoms with Crippen LogP contribution in [0.4, 0.5) is 11.6 Å². The molecule has 1 aliphatic heterocycles. The molecule has 1 amide bonds. The van der Waals surface area contributed by atoms with Crippen molar-refractivity contribution in [1.29, 1.82) is 0 Å². The first-order valence-corrected chi connectivity index (χ1v) is 8.10. The van der Waals surface area contributed by atoms with E-state index in [4.69, 9.17) is 0 Å². The molecular weight excluding hydrogens is 288 g/mol. The van der Waals surface area contributed by atoms with Gasteiger partial charge in [0.05, 0.1) is 0 Å². The van der Waals surface area contributed by atoms with Crippen molar-refractivity contribution in [2.75, 3.05) is 18.4 Å². The van der Waals surface area contributed by atoms with Crippen LogP contribution in [0.1, 0.15) is 41.0 Å². The minimum atomic E-state index is 0.106. The third-order valence-corrected chi connectivity index (χ3v) is 3.99. The molecule has 5 heteroatoms. The highest BCUT2D eigenvalue weighted by molar-refractivity contribution is 5.95. The molecule has 0 radical (unpaired) electrons. The van der Waals surface area contributed by atoms with Crippen LogP contribution < -0.4 is 5.32 Å². The van der Waals surface area contributed by atoms with Crippen molar-refractivity contribution in [3.05, 3.63) is 47.3 Å². The standard InChI is InChI=1S/C18H22N4O/c1-13-11-14(2)20-18(19-13)21-16-8-6-7-15(12-16)17(23)22-9-4-3-5-10-22/h6-8,11-12H,3-5,9-10H2,1-2H3,(H,19,20,21). The SMILES string of the molecule is Cc1cc(C)nc(Nc2cccc(C(=O)N3CCCCC3)c2)n1. The molecule has 0 saturated carbocycles. The number of aromatic nitrogens is 2. The zero-order valence-electron chi connectivity index (χ0n) is 13.7. The van der Waals surface area contributed by atoms with Gasteiger partial charge in [0.2, 0.25) is 5.95 Å². The molecule has 0 unspecified atom stereocenters. The summed E-state index contributed by atoms with van der Waals surface area (Å²) in [6.45, 7) is 5.60. The van der Waals surface area contributed by atoms with Gasteiger partial charge >= 0.3 is 0 Å². The summed E-state index contributed by atoms with van der Waals surface area (Å²) in [5.41, 5.74) is 3.38. The predicted octanol–water partition coefficient (Wildman–Crippen LogP) is 3.46. The molecular formula is C18H22N4O. The number of anilines is 2. The van der Waals surface area contributed by atoms with Gasteiger partial charge in [0.25, 0.3) is 5.91 Å². The first-order chi connectivity index (χ1) is 11.1. The number of benzene rings is 1. The Bertz CT molecular complexity index is 688. The van der Waals surface area contributed by atoms with E-state index in [0.717, 1.165) is 43.0 Å². The van der Waals surface area contributed by atoms with Crippen molar-refractivity contribution in [3.63, 3.8) is 0 Å². The van der Waals surface area contributed by atoms with E-state index in [1.165, 1.54) is 6.42 Å². The number of likely N-dealkylation sites (tertiary alicyclic amines) is 1. The van der Waals surface area contributed by atoms with Gasteiger partial charge in [-0.15, -0.1) is 0 Å². The topological polar surface area (TPSA) is 58.1 Å². The number of amides is 1. The third-order valence-electron chi connectivity index (χ3n) is 3.99. The van der Waals surface area contributed by atoms with Crippen molar-refractivity contribution in [2.45, 2.75) is 33.1 Å². The van der Waals surface area contributed by atoms with Gasteiger partial charge in [-0.05, 0) is 57.4 Å². The van der Waals surface area contributed by atoms with Crippen molar-refractivity contribution >= 4 is 17.5 Å². The average Bonchev–Trinajstić information content (AvgIpc) is 2.54. The van der Waals surface area contributed by atoms with E-state index >= 15 is 0 Å². The maximum absolute atomic E-state index is 12.6.